The van der Waals surface area contributed by atoms with Crippen LogP contribution in [0.15, 0.2) is 82.9 Å². The topological polar surface area (TPSA) is 118 Å². The second kappa shape index (κ2) is 11.7. The number of halogens is 1. The molecule has 0 unspecified atom stereocenters. The molecule has 0 radical (unpaired) electrons. The van der Waals surface area contributed by atoms with Crippen LogP contribution < -0.4 is 24.4 Å². The second-order valence-electron chi connectivity index (χ2n) is 8.94. The maximum atomic E-state index is 14.0. The van der Waals surface area contributed by atoms with Gasteiger partial charge in [-0.15, -0.1) is 0 Å². The van der Waals surface area contributed by atoms with Gasteiger partial charge in [0.25, 0.3) is 5.56 Å². The number of benzene rings is 1. The molecule has 0 spiro atoms. The number of hydrogen-bond donors (Lipinski definition) is 0. The molecule has 0 saturated heterocycles. The van der Waals surface area contributed by atoms with Gasteiger partial charge in [0.05, 0.1) is 32.9 Å². The number of aromatic nitrogens is 3. The maximum absolute atomic E-state index is 14.0. The zero-order chi connectivity index (χ0) is 28.5. The van der Waals surface area contributed by atoms with Crippen LogP contribution in [0.3, 0.4) is 0 Å². The summed E-state index contributed by atoms with van der Waals surface area (Å²) in [5.74, 6) is 1.12. The van der Waals surface area contributed by atoms with Gasteiger partial charge in [-0.2, -0.15) is 0 Å². The van der Waals surface area contributed by atoms with Gasteiger partial charge >= 0.3 is 5.97 Å². The monoisotopic (exact) mass is 654 g/mol. The van der Waals surface area contributed by atoms with Gasteiger partial charge in [-0.1, -0.05) is 30.7 Å². The molecule has 0 aliphatic carbocycles. The molecule has 1 atom stereocenters. The Bertz CT molecular complexity index is 1850. The molecule has 10 nitrogen and oxygen atoms in total. The average Bonchev–Trinajstić information content (AvgIpc) is 3.66. The first-order valence-corrected chi connectivity index (χ1v) is 15.2. The van der Waals surface area contributed by atoms with Crippen LogP contribution >= 0.6 is 39.0 Å². The quantitative estimate of drug-likeness (QED) is 0.198. The molecule has 6 rings (SSSR count). The summed E-state index contributed by atoms with van der Waals surface area (Å²) >= 11 is 6.02. The van der Waals surface area contributed by atoms with Gasteiger partial charge in [-0.05, 0) is 70.9 Å². The number of hydrogen-bond acceptors (Lipinski definition) is 11. The Hall–Kier alpha value is -3.68. The van der Waals surface area contributed by atoms with Gasteiger partial charge in [0, 0.05) is 18.5 Å². The molecule has 2 aliphatic rings. The smallest absolute Gasteiger partial charge is 0.338 e. The van der Waals surface area contributed by atoms with E-state index in [-0.39, 0.29) is 19.0 Å². The van der Waals surface area contributed by atoms with Gasteiger partial charge < -0.3 is 18.6 Å². The summed E-state index contributed by atoms with van der Waals surface area (Å²) in [6.45, 7) is 4.07. The second-order valence-corrected chi connectivity index (χ2v) is 11.7. The maximum Gasteiger partial charge on any atom is 0.338 e. The van der Waals surface area contributed by atoms with E-state index in [1.165, 1.54) is 23.1 Å². The van der Waals surface area contributed by atoms with Crippen LogP contribution in [0, 0.1) is 0 Å². The van der Waals surface area contributed by atoms with Crippen molar-refractivity contribution in [2.75, 3.05) is 13.4 Å². The normalized spacial score (nSPS) is 16.1. The highest BCUT2D eigenvalue weighted by atomic mass is 79.9. The lowest BCUT2D eigenvalue weighted by atomic mass is 9.94. The van der Waals surface area contributed by atoms with Crippen LogP contribution in [0.2, 0.25) is 0 Å². The number of allylic oxidation sites excluding steroid dienone is 1. The fraction of sp³-hybridized carbons (Fsp3) is 0.250. The van der Waals surface area contributed by atoms with Crippen molar-refractivity contribution in [2.24, 2.45) is 4.99 Å². The van der Waals surface area contributed by atoms with E-state index in [1.807, 2.05) is 13.0 Å². The predicted octanol–water partition coefficient (Wildman–Crippen LogP) is 4.60. The molecular weight excluding hydrogens is 632 g/mol. The molecular formula is C28H23BrN4O6S2. The zero-order valence-corrected chi connectivity index (χ0v) is 25.2. The Morgan fingerprint density at radius 1 is 1.22 bits per heavy atom. The Morgan fingerprint density at radius 2 is 2.02 bits per heavy atom. The fourth-order valence-corrected chi connectivity index (χ4v) is 6.82. The number of nitrogens with zero attached hydrogens (tertiary/aromatic N) is 4. The summed E-state index contributed by atoms with van der Waals surface area (Å²) in [6, 6.07) is 8.19. The van der Waals surface area contributed by atoms with Crippen molar-refractivity contribution < 1.29 is 23.4 Å². The van der Waals surface area contributed by atoms with E-state index in [0.717, 1.165) is 6.42 Å². The van der Waals surface area contributed by atoms with E-state index >= 15 is 0 Å². The molecule has 3 aromatic heterocycles. The van der Waals surface area contributed by atoms with Crippen LogP contribution in [0.25, 0.3) is 6.08 Å². The minimum atomic E-state index is -0.756. The number of rotatable bonds is 8. The molecule has 1 aromatic carbocycles. The first-order valence-electron chi connectivity index (χ1n) is 12.8. The SMILES string of the molecule is CCCC1=C(C(=O)OCC)[C@H](c2ccc3c(c2)OCO3)n2c(s/c(=C/c3cc(Br)c(Sc4ncccn4)o3)c2=O)=N1. The fourth-order valence-electron chi connectivity index (χ4n) is 4.58. The largest absolute Gasteiger partial charge is 0.463 e. The number of esters is 1. The number of thiazole rings is 1. The van der Waals surface area contributed by atoms with Gasteiger partial charge in [0.15, 0.2) is 26.5 Å². The van der Waals surface area contributed by atoms with Crippen LogP contribution in [0.4, 0.5) is 0 Å². The van der Waals surface area contributed by atoms with E-state index in [4.69, 9.17) is 23.6 Å². The molecule has 0 fully saturated rings. The number of fused-ring (bicyclic) bond motifs is 2. The van der Waals surface area contributed by atoms with E-state index < -0.39 is 12.0 Å². The highest BCUT2D eigenvalue weighted by Gasteiger charge is 2.35. The van der Waals surface area contributed by atoms with Crippen molar-refractivity contribution in [2.45, 2.75) is 43.0 Å². The predicted molar refractivity (Wildman–Crippen MR) is 155 cm³/mol. The Kier molecular flexibility index (Phi) is 7.82. The number of carbonyl (C=O) groups excluding carboxylic acids is 1. The minimum Gasteiger partial charge on any atom is -0.463 e. The summed E-state index contributed by atoms with van der Waals surface area (Å²) in [5.41, 5.74) is 1.33. The number of carbonyl (C=O) groups is 1. The van der Waals surface area contributed by atoms with Crippen molar-refractivity contribution in [3.05, 3.63) is 89.5 Å². The standard InChI is InChI=1S/C28H23BrN4O6S2/c1-3-6-18-22(25(35)36-4-2)23(15-7-8-19-20(11-15)38-14-37-19)33-24(34)21(40-28(33)32-18)13-16-12-17(29)26(39-16)41-27-30-9-5-10-31-27/h5,7-13,23H,3-4,6,14H2,1-2H3/b21-13+/t23-/m0/s1. The summed E-state index contributed by atoms with van der Waals surface area (Å²) in [5, 5.41) is 1.09. The molecule has 210 valence electrons. The Balaban J connectivity index is 1.49. The zero-order valence-electron chi connectivity index (χ0n) is 22.0. The molecule has 5 heterocycles. The average molecular weight is 656 g/mol. The Morgan fingerprint density at radius 3 is 2.80 bits per heavy atom. The van der Waals surface area contributed by atoms with Gasteiger partial charge in [-0.3, -0.25) is 9.36 Å². The molecule has 0 bridgehead atoms. The lowest BCUT2D eigenvalue weighted by molar-refractivity contribution is -0.139. The first kappa shape index (κ1) is 27.5. The van der Waals surface area contributed by atoms with Crippen LogP contribution in [0.5, 0.6) is 11.5 Å². The Labute approximate surface area is 250 Å². The van der Waals surface area contributed by atoms with Crippen LogP contribution in [-0.2, 0) is 9.53 Å². The van der Waals surface area contributed by atoms with Crippen molar-refractivity contribution in [3.63, 3.8) is 0 Å². The molecule has 2 aliphatic heterocycles. The first-order chi connectivity index (χ1) is 20.0. The molecule has 0 saturated carbocycles. The van der Waals surface area contributed by atoms with Crippen LogP contribution in [0.1, 0.15) is 44.1 Å². The molecule has 0 amide bonds. The third-order valence-electron chi connectivity index (χ3n) is 6.28. The third kappa shape index (κ3) is 5.36. The molecule has 4 aromatic rings. The number of ether oxygens (including phenoxy) is 3. The molecule has 41 heavy (non-hydrogen) atoms. The van der Waals surface area contributed by atoms with Crippen molar-refractivity contribution in [1.82, 2.24) is 14.5 Å². The summed E-state index contributed by atoms with van der Waals surface area (Å²) in [4.78, 5) is 41.1. The van der Waals surface area contributed by atoms with Crippen LogP contribution in [-0.4, -0.2) is 33.9 Å². The highest BCUT2D eigenvalue weighted by molar-refractivity contribution is 9.10. The lowest BCUT2D eigenvalue weighted by Crippen LogP contribution is -2.40. The van der Waals surface area contributed by atoms with Gasteiger partial charge in [0.1, 0.15) is 5.76 Å². The van der Waals surface area contributed by atoms with E-state index in [2.05, 4.69) is 25.9 Å². The van der Waals surface area contributed by atoms with Crippen molar-refractivity contribution in [1.29, 1.82) is 0 Å². The van der Waals surface area contributed by atoms with E-state index in [1.54, 1.807) is 54.2 Å². The summed E-state index contributed by atoms with van der Waals surface area (Å²) in [6.07, 6.45) is 6.29. The van der Waals surface area contributed by atoms with Crippen molar-refractivity contribution >= 4 is 51.1 Å². The molecule has 0 N–H and O–H groups in total. The van der Waals surface area contributed by atoms with Crippen molar-refractivity contribution in [3.8, 4) is 11.5 Å². The van der Waals surface area contributed by atoms with Gasteiger partial charge in [0.2, 0.25) is 6.79 Å². The third-order valence-corrected chi connectivity index (χ3v) is 8.99. The minimum absolute atomic E-state index is 0.110. The van der Waals surface area contributed by atoms with E-state index in [0.29, 0.717) is 64.6 Å². The van der Waals surface area contributed by atoms with Gasteiger partial charge in [-0.25, -0.2) is 19.8 Å². The van der Waals surface area contributed by atoms with E-state index in [9.17, 15) is 9.59 Å². The lowest BCUT2D eigenvalue weighted by Gasteiger charge is -2.25. The highest BCUT2D eigenvalue weighted by Crippen LogP contribution is 2.39. The number of furan rings is 1. The summed E-state index contributed by atoms with van der Waals surface area (Å²) in [7, 11) is 0. The summed E-state index contributed by atoms with van der Waals surface area (Å²) < 4.78 is 25.2. The molecule has 13 heteroatoms.